The SMILES string of the molecule is COC(=O)Cc1ccc2c(c1)NC(=O)CCCC[C@H](n1ccc(-c3c(F)ccc(Cl)c3F)cc1=O)c1cc-2ccn1. The van der Waals surface area contributed by atoms with Gasteiger partial charge in [0, 0.05) is 36.1 Å². The number of amides is 1. The molecular weight excluding hydrogens is 552 g/mol. The van der Waals surface area contributed by atoms with Crippen molar-refractivity contribution in [1.29, 1.82) is 0 Å². The van der Waals surface area contributed by atoms with Crippen LogP contribution in [0.3, 0.4) is 0 Å². The van der Waals surface area contributed by atoms with Gasteiger partial charge in [0.2, 0.25) is 5.91 Å². The quantitative estimate of drug-likeness (QED) is 0.226. The summed E-state index contributed by atoms with van der Waals surface area (Å²) >= 11 is 5.85. The van der Waals surface area contributed by atoms with Crippen molar-refractivity contribution in [3.8, 4) is 22.3 Å². The first-order chi connectivity index (χ1) is 19.7. The van der Waals surface area contributed by atoms with Crippen molar-refractivity contribution in [2.75, 3.05) is 12.4 Å². The minimum atomic E-state index is -0.934. The van der Waals surface area contributed by atoms with Gasteiger partial charge in [-0.05, 0) is 65.9 Å². The third kappa shape index (κ3) is 6.05. The van der Waals surface area contributed by atoms with Gasteiger partial charge in [-0.25, -0.2) is 8.78 Å². The van der Waals surface area contributed by atoms with Gasteiger partial charge >= 0.3 is 5.97 Å². The van der Waals surface area contributed by atoms with Crippen LogP contribution in [0, 0.1) is 11.6 Å². The largest absolute Gasteiger partial charge is 0.469 e. The fourth-order valence-corrected chi connectivity index (χ4v) is 5.21. The van der Waals surface area contributed by atoms with Gasteiger partial charge in [-0.2, -0.15) is 0 Å². The molecule has 0 radical (unpaired) electrons. The molecule has 7 nitrogen and oxygen atoms in total. The van der Waals surface area contributed by atoms with Gasteiger partial charge in [0.25, 0.3) is 5.56 Å². The van der Waals surface area contributed by atoms with Crippen molar-refractivity contribution in [3.05, 3.63) is 105 Å². The molecule has 10 heteroatoms. The van der Waals surface area contributed by atoms with Gasteiger partial charge in [-0.15, -0.1) is 0 Å². The highest BCUT2D eigenvalue weighted by Gasteiger charge is 2.22. The fourth-order valence-electron chi connectivity index (χ4n) is 5.05. The molecule has 41 heavy (non-hydrogen) atoms. The van der Waals surface area contributed by atoms with Gasteiger partial charge in [-0.1, -0.05) is 30.2 Å². The summed E-state index contributed by atoms with van der Waals surface area (Å²) in [5, 5.41) is 2.73. The van der Waals surface area contributed by atoms with Crippen molar-refractivity contribution < 1.29 is 23.1 Å². The average Bonchev–Trinajstić information content (AvgIpc) is 2.95. The third-order valence-corrected chi connectivity index (χ3v) is 7.41. The van der Waals surface area contributed by atoms with Crippen LogP contribution in [-0.2, 0) is 20.7 Å². The number of rotatable bonds is 4. The van der Waals surface area contributed by atoms with Crippen molar-refractivity contribution in [1.82, 2.24) is 9.55 Å². The zero-order valence-corrected chi connectivity index (χ0v) is 22.9. The van der Waals surface area contributed by atoms with Gasteiger partial charge < -0.3 is 14.6 Å². The number of carbonyl (C=O) groups is 2. The van der Waals surface area contributed by atoms with Crippen LogP contribution in [0.5, 0.6) is 0 Å². The van der Waals surface area contributed by atoms with Crippen molar-refractivity contribution >= 4 is 29.2 Å². The monoisotopic (exact) mass is 577 g/mol. The van der Waals surface area contributed by atoms with E-state index < -0.39 is 29.2 Å². The number of nitrogens with one attached hydrogen (secondary N) is 1. The summed E-state index contributed by atoms with van der Waals surface area (Å²) in [7, 11) is 1.32. The lowest BCUT2D eigenvalue weighted by molar-refractivity contribution is -0.139. The second-order valence-corrected chi connectivity index (χ2v) is 10.2. The van der Waals surface area contributed by atoms with Crippen LogP contribution in [0.4, 0.5) is 14.5 Å². The molecule has 210 valence electrons. The van der Waals surface area contributed by atoms with E-state index in [0.717, 1.165) is 23.3 Å². The highest BCUT2D eigenvalue weighted by molar-refractivity contribution is 6.31. The van der Waals surface area contributed by atoms with Gasteiger partial charge in [-0.3, -0.25) is 19.4 Å². The van der Waals surface area contributed by atoms with Crippen LogP contribution in [-0.4, -0.2) is 28.5 Å². The lowest BCUT2D eigenvalue weighted by atomic mass is 9.96. The van der Waals surface area contributed by atoms with Crippen LogP contribution in [0.25, 0.3) is 22.3 Å². The highest BCUT2D eigenvalue weighted by atomic mass is 35.5. The number of fused-ring (bicyclic) bond motifs is 4. The van der Waals surface area contributed by atoms with Crippen molar-refractivity contribution in [3.63, 3.8) is 0 Å². The molecule has 1 aliphatic heterocycles. The van der Waals surface area contributed by atoms with Crippen molar-refractivity contribution in [2.45, 2.75) is 38.1 Å². The van der Waals surface area contributed by atoms with E-state index in [1.54, 1.807) is 24.4 Å². The lowest BCUT2D eigenvalue weighted by Gasteiger charge is -2.22. The number of ether oxygens (including phenoxy) is 1. The summed E-state index contributed by atoms with van der Waals surface area (Å²) in [4.78, 5) is 42.5. The summed E-state index contributed by atoms with van der Waals surface area (Å²) in [6.45, 7) is 0. The van der Waals surface area contributed by atoms with E-state index in [9.17, 15) is 23.2 Å². The zero-order chi connectivity index (χ0) is 29.1. The second-order valence-electron chi connectivity index (χ2n) is 9.79. The molecule has 2 aromatic heterocycles. The fraction of sp³-hybridized carbons (Fsp3) is 0.226. The van der Waals surface area contributed by atoms with Crippen molar-refractivity contribution in [2.24, 2.45) is 0 Å². The summed E-state index contributed by atoms with van der Waals surface area (Å²) in [5.74, 6) is -2.32. The molecule has 4 aromatic rings. The Morgan fingerprint density at radius 3 is 2.68 bits per heavy atom. The minimum Gasteiger partial charge on any atom is -0.469 e. The molecule has 0 aliphatic carbocycles. The Labute approximate surface area is 239 Å². The second kappa shape index (κ2) is 12.0. The standard InChI is InChI=1S/C31H26ClF2N3O4/c1-41-29(40)15-18-6-7-21-19-10-12-35-25(16-19)26(4-2-3-5-27(38)36-24(21)14-18)37-13-11-20(17-28(37)39)30-23(33)9-8-22(32)31(30)34/h6-14,16-17,26H,2-5,15H2,1H3,(H,36,38)/t26-/m0/s1. The highest BCUT2D eigenvalue weighted by Crippen LogP contribution is 2.34. The molecule has 0 unspecified atom stereocenters. The van der Waals surface area contributed by atoms with Gasteiger partial charge in [0.05, 0.1) is 35.9 Å². The smallest absolute Gasteiger partial charge is 0.309 e. The molecule has 0 fully saturated rings. The number of aromatic nitrogens is 2. The maximum atomic E-state index is 14.6. The molecular formula is C31H26ClF2N3O4. The Balaban J connectivity index is 1.57. The number of halogens is 3. The molecule has 2 aromatic carbocycles. The molecule has 1 N–H and O–H groups in total. The molecule has 5 rings (SSSR count). The Hall–Kier alpha value is -4.37. The summed E-state index contributed by atoms with van der Waals surface area (Å²) < 4.78 is 35.4. The van der Waals surface area contributed by atoms with Crippen LogP contribution in [0.15, 0.2) is 71.8 Å². The van der Waals surface area contributed by atoms with Gasteiger partial charge in [0.15, 0.2) is 5.82 Å². The first kappa shape index (κ1) is 28.2. The maximum Gasteiger partial charge on any atom is 0.309 e. The normalized spacial score (nSPS) is 15.2. The molecule has 2 bridgehead atoms. The Kier molecular flexibility index (Phi) is 8.26. The number of hydrogen-bond acceptors (Lipinski definition) is 5. The van der Waals surface area contributed by atoms with Crippen LogP contribution < -0.4 is 10.9 Å². The first-order valence-electron chi connectivity index (χ1n) is 13.1. The lowest BCUT2D eigenvalue weighted by Crippen LogP contribution is -2.25. The number of benzene rings is 2. The van der Waals surface area contributed by atoms with E-state index in [1.165, 1.54) is 30.0 Å². The molecule has 0 saturated carbocycles. The molecule has 1 atom stereocenters. The van der Waals surface area contributed by atoms with Crippen LogP contribution >= 0.6 is 11.6 Å². The number of carbonyl (C=O) groups excluding carboxylic acids is 2. The van der Waals surface area contributed by atoms with Crippen LogP contribution in [0.2, 0.25) is 5.02 Å². The molecule has 0 spiro atoms. The number of methoxy groups -OCH3 is 1. The number of pyridine rings is 2. The first-order valence-corrected chi connectivity index (χ1v) is 13.4. The molecule has 1 aliphatic rings. The number of hydrogen-bond donors (Lipinski definition) is 1. The van der Waals surface area contributed by atoms with E-state index >= 15 is 0 Å². The number of anilines is 1. The maximum absolute atomic E-state index is 14.6. The minimum absolute atomic E-state index is 0.0607. The average molecular weight is 578 g/mol. The van der Waals surface area contributed by atoms with E-state index in [4.69, 9.17) is 16.3 Å². The Morgan fingerprint density at radius 1 is 1.07 bits per heavy atom. The van der Waals surface area contributed by atoms with E-state index in [0.29, 0.717) is 36.2 Å². The summed E-state index contributed by atoms with van der Waals surface area (Å²) in [6.07, 6.45) is 5.14. The number of nitrogens with zero attached hydrogens (tertiary/aromatic N) is 2. The summed E-state index contributed by atoms with van der Waals surface area (Å²) in [5.41, 5.74) is 2.59. The summed E-state index contributed by atoms with van der Waals surface area (Å²) in [6, 6.07) is 13.4. The van der Waals surface area contributed by atoms with E-state index in [2.05, 4.69) is 10.3 Å². The molecule has 3 heterocycles. The Bertz CT molecular complexity index is 1710. The predicted molar refractivity (Wildman–Crippen MR) is 152 cm³/mol. The molecule has 1 amide bonds. The predicted octanol–water partition coefficient (Wildman–Crippen LogP) is 6.33. The molecule has 0 saturated heterocycles. The third-order valence-electron chi connectivity index (χ3n) is 7.12. The van der Waals surface area contributed by atoms with Gasteiger partial charge in [0.1, 0.15) is 5.82 Å². The van der Waals surface area contributed by atoms with E-state index in [1.807, 2.05) is 12.1 Å². The zero-order valence-electron chi connectivity index (χ0n) is 22.1. The number of esters is 1. The van der Waals surface area contributed by atoms with E-state index in [-0.39, 0.29) is 34.9 Å². The Morgan fingerprint density at radius 2 is 1.90 bits per heavy atom. The van der Waals surface area contributed by atoms with Crippen LogP contribution in [0.1, 0.15) is 43.0 Å². The topological polar surface area (TPSA) is 90.3 Å².